The van der Waals surface area contributed by atoms with Crippen molar-refractivity contribution >= 4 is 11.8 Å². The Bertz CT molecular complexity index is 306. The van der Waals surface area contributed by atoms with Crippen molar-refractivity contribution < 1.29 is 5.11 Å². The summed E-state index contributed by atoms with van der Waals surface area (Å²) in [5.74, 6) is 1.32. The van der Waals surface area contributed by atoms with Gasteiger partial charge < -0.3 is 5.11 Å². The van der Waals surface area contributed by atoms with E-state index in [1.165, 1.54) is 12.0 Å². The van der Waals surface area contributed by atoms with E-state index in [0.29, 0.717) is 5.92 Å². The van der Waals surface area contributed by atoms with E-state index in [2.05, 4.69) is 30.5 Å². The van der Waals surface area contributed by atoms with Gasteiger partial charge in [-0.2, -0.15) is 11.8 Å². The van der Waals surface area contributed by atoms with Crippen molar-refractivity contribution in [3.63, 3.8) is 0 Å². The minimum absolute atomic E-state index is 0.308. The van der Waals surface area contributed by atoms with E-state index in [1.54, 1.807) is 0 Å². The van der Waals surface area contributed by atoms with Crippen LogP contribution in [0.4, 0.5) is 0 Å². The summed E-state index contributed by atoms with van der Waals surface area (Å²) >= 11 is 1.82. The first kappa shape index (κ1) is 11.0. The summed E-state index contributed by atoms with van der Waals surface area (Å²) in [6.45, 7) is 0. The van der Waals surface area contributed by atoms with Crippen LogP contribution < -0.4 is 0 Å². The summed E-state index contributed by atoms with van der Waals surface area (Å²) in [4.78, 5) is 0. The summed E-state index contributed by atoms with van der Waals surface area (Å²) in [5.41, 5.74) is 0.860. The molecule has 0 aliphatic heterocycles. The number of hydrogen-bond donors (Lipinski definition) is 1. The Morgan fingerprint density at radius 1 is 1.33 bits per heavy atom. The van der Waals surface area contributed by atoms with Crippen molar-refractivity contribution in [3.05, 3.63) is 35.9 Å². The molecule has 0 radical (unpaired) electrons. The SMILES string of the molecule is CSCC(c1ccccc1)C1(O)CCC1. The summed E-state index contributed by atoms with van der Waals surface area (Å²) in [7, 11) is 0. The van der Waals surface area contributed by atoms with Crippen LogP contribution in [0.2, 0.25) is 0 Å². The summed E-state index contributed by atoms with van der Waals surface area (Å²) in [5, 5.41) is 10.4. The number of hydrogen-bond acceptors (Lipinski definition) is 2. The summed E-state index contributed by atoms with van der Waals surface area (Å²) < 4.78 is 0. The highest BCUT2D eigenvalue weighted by atomic mass is 32.2. The van der Waals surface area contributed by atoms with Crippen molar-refractivity contribution in [3.8, 4) is 0 Å². The first-order valence-corrected chi connectivity index (χ1v) is 6.92. The maximum atomic E-state index is 10.4. The highest BCUT2D eigenvalue weighted by Gasteiger charge is 2.42. The van der Waals surface area contributed by atoms with Crippen LogP contribution in [-0.2, 0) is 0 Å². The molecule has 1 aliphatic carbocycles. The van der Waals surface area contributed by atoms with Crippen molar-refractivity contribution in [2.75, 3.05) is 12.0 Å². The van der Waals surface area contributed by atoms with Crippen molar-refractivity contribution in [1.29, 1.82) is 0 Å². The molecule has 1 N–H and O–H groups in total. The molecule has 0 spiro atoms. The predicted molar refractivity (Wildman–Crippen MR) is 66.4 cm³/mol. The molecule has 82 valence electrons. The summed E-state index contributed by atoms with van der Waals surface area (Å²) in [6, 6.07) is 10.4. The Morgan fingerprint density at radius 2 is 2.00 bits per heavy atom. The van der Waals surface area contributed by atoms with Crippen molar-refractivity contribution in [2.45, 2.75) is 30.8 Å². The second kappa shape index (κ2) is 4.58. The molecule has 1 saturated carbocycles. The quantitative estimate of drug-likeness (QED) is 0.845. The monoisotopic (exact) mass is 222 g/mol. The second-order valence-corrected chi connectivity index (χ2v) is 5.29. The highest BCUT2D eigenvalue weighted by Crippen LogP contribution is 2.44. The zero-order chi connectivity index (χ0) is 10.7. The van der Waals surface area contributed by atoms with E-state index in [0.717, 1.165) is 18.6 Å². The fourth-order valence-corrected chi connectivity index (χ4v) is 3.14. The lowest BCUT2D eigenvalue weighted by molar-refractivity contribution is -0.0514. The maximum Gasteiger partial charge on any atom is 0.0724 e. The Hall–Kier alpha value is -0.470. The van der Waals surface area contributed by atoms with E-state index in [4.69, 9.17) is 0 Å². The fourth-order valence-electron chi connectivity index (χ4n) is 2.30. The van der Waals surface area contributed by atoms with E-state index >= 15 is 0 Å². The zero-order valence-electron chi connectivity index (χ0n) is 9.15. The first-order chi connectivity index (χ1) is 7.26. The largest absolute Gasteiger partial charge is 0.389 e. The average Bonchev–Trinajstić information content (AvgIpc) is 2.24. The average molecular weight is 222 g/mol. The Kier molecular flexibility index (Phi) is 3.37. The molecule has 15 heavy (non-hydrogen) atoms. The van der Waals surface area contributed by atoms with Crippen LogP contribution >= 0.6 is 11.8 Å². The second-order valence-electron chi connectivity index (χ2n) is 4.38. The highest BCUT2D eigenvalue weighted by molar-refractivity contribution is 7.98. The van der Waals surface area contributed by atoms with Crippen LogP contribution in [0.1, 0.15) is 30.7 Å². The Labute approximate surface area is 95.9 Å². The molecule has 1 atom stereocenters. The first-order valence-electron chi connectivity index (χ1n) is 5.52. The smallest absolute Gasteiger partial charge is 0.0724 e. The Morgan fingerprint density at radius 3 is 2.47 bits per heavy atom. The third-order valence-electron chi connectivity index (χ3n) is 3.40. The van der Waals surface area contributed by atoms with Gasteiger partial charge in [-0.3, -0.25) is 0 Å². The molecule has 1 aliphatic rings. The molecular formula is C13H18OS. The van der Waals surface area contributed by atoms with Gasteiger partial charge in [-0.25, -0.2) is 0 Å². The molecule has 0 saturated heterocycles. The van der Waals surface area contributed by atoms with Gasteiger partial charge in [-0.1, -0.05) is 30.3 Å². The van der Waals surface area contributed by atoms with Crippen LogP contribution in [-0.4, -0.2) is 22.7 Å². The molecule has 1 aromatic rings. The van der Waals surface area contributed by atoms with Crippen molar-refractivity contribution in [1.82, 2.24) is 0 Å². The summed E-state index contributed by atoms with van der Waals surface area (Å²) in [6.07, 6.45) is 5.21. The molecule has 1 nitrogen and oxygen atoms in total. The zero-order valence-corrected chi connectivity index (χ0v) is 9.96. The van der Waals surface area contributed by atoms with Crippen LogP contribution in [0, 0.1) is 0 Å². The van der Waals surface area contributed by atoms with Crippen LogP contribution in [0.25, 0.3) is 0 Å². The van der Waals surface area contributed by atoms with Gasteiger partial charge in [0.1, 0.15) is 0 Å². The number of thioether (sulfide) groups is 1. The topological polar surface area (TPSA) is 20.2 Å². The molecule has 0 heterocycles. The molecule has 1 unspecified atom stereocenters. The van der Waals surface area contributed by atoms with Gasteiger partial charge in [-0.05, 0) is 31.1 Å². The molecular weight excluding hydrogens is 204 g/mol. The standard InChI is InChI=1S/C13H18OS/c1-15-10-12(13(14)8-5-9-13)11-6-3-2-4-7-11/h2-4,6-7,12,14H,5,8-10H2,1H3. The third kappa shape index (κ3) is 2.21. The van der Waals surface area contributed by atoms with Gasteiger partial charge in [0.25, 0.3) is 0 Å². The van der Waals surface area contributed by atoms with Crippen molar-refractivity contribution in [2.24, 2.45) is 0 Å². The fraction of sp³-hybridized carbons (Fsp3) is 0.538. The minimum Gasteiger partial charge on any atom is -0.389 e. The number of benzene rings is 1. The molecule has 2 heteroatoms. The van der Waals surface area contributed by atoms with Gasteiger partial charge >= 0.3 is 0 Å². The van der Waals surface area contributed by atoms with Crippen LogP contribution in [0.3, 0.4) is 0 Å². The van der Waals surface area contributed by atoms with E-state index < -0.39 is 5.60 Å². The predicted octanol–water partition coefficient (Wildman–Crippen LogP) is 3.05. The van der Waals surface area contributed by atoms with Gasteiger partial charge in [0.05, 0.1) is 5.60 Å². The maximum absolute atomic E-state index is 10.4. The van der Waals surface area contributed by atoms with Gasteiger partial charge in [0, 0.05) is 11.7 Å². The lowest BCUT2D eigenvalue weighted by Gasteiger charge is -2.43. The molecule has 0 amide bonds. The molecule has 1 fully saturated rings. The van der Waals surface area contributed by atoms with Gasteiger partial charge in [0.15, 0.2) is 0 Å². The number of aliphatic hydroxyl groups is 1. The third-order valence-corrected chi connectivity index (χ3v) is 4.07. The van der Waals surface area contributed by atoms with E-state index in [1.807, 2.05) is 17.8 Å². The van der Waals surface area contributed by atoms with Gasteiger partial charge in [0.2, 0.25) is 0 Å². The number of rotatable bonds is 4. The molecule has 0 bridgehead atoms. The van der Waals surface area contributed by atoms with Crippen LogP contribution in [0.15, 0.2) is 30.3 Å². The van der Waals surface area contributed by atoms with Gasteiger partial charge in [-0.15, -0.1) is 0 Å². The minimum atomic E-state index is -0.426. The molecule has 0 aromatic heterocycles. The van der Waals surface area contributed by atoms with Crippen LogP contribution in [0.5, 0.6) is 0 Å². The van der Waals surface area contributed by atoms with E-state index in [-0.39, 0.29) is 0 Å². The lowest BCUT2D eigenvalue weighted by atomic mass is 9.69. The van der Waals surface area contributed by atoms with E-state index in [9.17, 15) is 5.11 Å². The Balaban J connectivity index is 2.20. The molecule has 2 rings (SSSR count). The normalized spacial score (nSPS) is 20.7. The lowest BCUT2D eigenvalue weighted by Crippen LogP contribution is -2.44. The molecule has 1 aromatic carbocycles.